The van der Waals surface area contributed by atoms with Crippen molar-refractivity contribution in [1.29, 1.82) is 0 Å². The van der Waals surface area contributed by atoms with E-state index in [1.54, 1.807) is 0 Å². The van der Waals surface area contributed by atoms with Gasteiger partial charge in [0.15, 0.2) is 12.4 Å². The number of carbonyl (C=O) groups excluding carboxylic acids is 3. The number of allylic oxidation sites excluding steroid dienone is 22. The summed E-state index contributed by atoms with van der Waals surface area (Å²) in [5, 5.41) is 11.9. The van der Waals surface area contributed by atoms with Gasteiger partial charge in [-0.25, -0.2) is 0 Å². The molecule has 9 heteroatoms. The van der Waals surface area contributed by atoms with E-state index in [0.29, 0.717) is 23.9 Å². The van der Waals surface area contributed by atoms with E-state index < -0.39 is 24.3 Å². The van der Waals surface area contributed by atoms with Crippen LogP contribution in [0, 0.1) is 0 Å². The molecule has 0 aromatic carbocycles. The molecule has 2 atom stereocenters. The second-order valence-corrected chi connectivity index (χ2v) is 29.4. The van der Waals surface area contributed by atoms with Crippen molar-refractivity contribution in [2.24, 2.45) is 0 Å². The predicted octanol–water partition coefficient (Wildman–Crippen LogP) is 26.3. The molecular formula is C92H159NO8. The largest absolute Gasteiger partial charge is 0.545 e. The van der Waals surface area contributed by atoms with Crippen molar-refractivity contribution in [3.63, 3.8) is 0 Å². The molecule has 0 bridgehead atoms. The SMILES string of the molecule is CC/C=C\C/C=C\C/C=C\C/C=C\C/C=C\C/C=C\C/C=C\C/C=C\C/C=C\CCCCCCCCCCCCCC(=O)OC(COC(=O)CCCCCCCCCCCCCCCCCCCCCCCCCCC/C=C\C/C=C\CCCCCCC)COC(OCC[N+](C)(C)C)C(=O)[O-]. The summed E-state index contributed by atoms with van der Waals surface area (Å²) in [6, 6.07) is 0. The van der Waals surface area contributed by atoms with E-state index in [-0.39, 0.29) is 32.2 Å². The number of ether oxygens (including phenoxy) is 4. The minimum atomic E-state index is -1.63. The van der Waals surface area contributed by atoms with Gasteiger partial charge in [-0.05, 0) is 116 Å². The number of esters is 2. The number of unbranched alkanes of at least 4 members (excludes halogenated alkanes) is 41. The van der Waals surface area contributed by atoms with E-state index >= 15 is 0 Å². The molecule has 0 aliphatic carbocycles. The number of hydrogen-bond donors (Lipinski definition) is 0. The Hall–Kier alpha value is -4.57. The van der Waals surface area contributed by atoms with Crippen LogP contribution >= 0.6 is 0 Å². The van der Waals surface area contributed by atoms with Crippen molar-refractivity contribution < 1.29 is 42.9 Å². The minimum Gasteiger partial charge on any atom is -0.545 e. The number of quaternary nitrogens is 1. The lowest BCUT2D eigenvalue weighted by Gasteiger charge is -2.26. The summed E-state index contributed by atoms with van der Waals surface area (Å²) in [5.41, 5.74) is 0. The van der Waals surface area contributed by atoms with Crippen LogP contribution in [0.3, 0.4) is 0 Å². The van der Waals surface area contributed by atoms with E-state index in [0.717, 1.165) is 109 Å². The molecular weight excluding hydrogens is 1250 g/mol. The van der Waals surface area contributed by atoms with Crippen molar-refractivity contribution in [1.82, 2.24) is 0 Å². The second-order valence-electron chi connectivity index (χ2n) is 29.4. The molecule has 0 aromatic heterocycles. The number of likely N-dealkylation sites (N-methyl/N-ethyl adjacent to an activating group) is 1. The first-order valence-electron chi connectivity index (χ1n) is 42.3. The molecule has 101 heavy (non-hydrogen) atoms. The van der Waals surface area contributed by atoms with E-state index in [9.17, 15) is 19.5 Å². The molecule has 2 unspecified atom stereocenters. The Balaban J connectivity index is 4.02. The predicted molar refractivity (Wildman–Crippen MR) is 435 cm³/mol. The average Bonchev–Trinajstić information content (AvgIpc) is 1.21. The van der Waals surface area contributed by atoms with Gasteiger partial charge in [0.25, 0.3) is 0 Å². The summed E-state index contributed by atoms with van der Waals surface area (Å²) in [4.78, 5) is 37.7. The van der Waals surface area contributed by atoms with E-state index in [2.05, 4.69) is 148 Å². The summed E-state index contributed by atoms with van der Waals surface area (Å²) in [7, 11) is 5.94. The molecule has 0 aliphatic rings. The monoisotopic (exact) mass is 1410 g/mol. The zero-order valence-corrected chi connectivity index (χ0v) is 66.5. The number of carboxylic acid groups (broad SMARTS) is 1. The lowest BCUT2D eigenvalue weighted by Crippen LogP contribution is -2.44. The zero-order chi connectivity index (χ0) is 73.2. The Morgan fingerprint density at radius 3 is 0.842 bits per heavy atom. The van der Waals surface area contributed by atoms with Crippen LogP contribution in [-0.2, 0) is 33.3 Å². The lowest BCUT2D eigenvalue weighted by molar-refractivity contribution is -0.870. The Bertz CT molecular complexity index is 2130. The smallest absolute Gasteiger partial charge is 0.306 e. The molecule has 580 valence electrons. The van der Waals surface area contributed by atoms with Crippen molar-refractivity contribution in [2.45, 2.75) is 386 Å². The third-order valence-electron chi connectivity index (χ3n) is 18.4. The molecule has 0 fully saturated rings. The average molecular weight is 1410 g/mol. The topological polar surface area (TPSA) is 111 Å². The molecule has 0 aromatic rings. The standard InChI is InChI=1S/C92H159NO8/c1-6-8-10-12-14-16-18-20-22-24-26-28-30-32-34-36-38-40-42-44-45-47-49-51-53-55-57-59-61-63-65-67-69-71-73-75-77-79-81-83-90(95)101-88(87-100-92(91(96)97)98-85-84-93(3,4)5)86-99-89(94)82-80-78-76-74-72-70-68-66-64-62-60-58-56-54-52-50-48-46-43-41-39-37-35-33-31-29-27-25-23-21-19-17-15-13-11-9-7-2/h8,10,14,16,19-22,25-28,32,34,38,40,44-45,49,51,55,57,88,92H,6-7,9,11-13,15,17-18,23-24,29-31,33,35-37,39,41-43,46-48,50,52-54,56,58-87H2,1-5H3/b10-8-,16-14-,21-19-,22-20-,27-25-,28-26-,34-32-,40-38-,45-44-,51-49-,57-55-. The first kappa shape index (κ1) is 96.4. The molecule has 0 rings (SSSR count). The third-order valence-corrected chi connectivity index (χ3v) is 18.4. The number of carboxylic acids is 1. The lowest BCUT2D eigenvalue weighted by atomic mass is 10.0. The molecule has 0 amide bonds. The van der Waals surface area contributed by atoms with E-state index in [1.807, 2.05) is 21.1 Å². The van der Waals surface area contributed by atoms with Crippen LogP contribution < -0.4 is 5.11 Å². The summed E-state index contributed by atoms with van der Waals surface area (Å²) in [5.74, 6) is -2.27. The summed E-state index contributed by atoms with van der Waals surface area (Å²) >= 11 is 0. The first-order chi connectivity index (χ1) is 49.6. The van der Waals surface area contributed by atoms with Gasteiger partial charge in [-0.2, -0.15) is 0 Å². The summed E-state index contributed by atoms with van der Waals surface area (Å²) in [6.45, 7) is 4.66. The Kier molecular flexibility index (Phi) is 77.4. The van der Waals surface area contributed by atoms with Gasteiger partial charge in [0.1, 0.15) is 13.2 Å². The number of carbonyl (C=O) groups is 3. The number of rotatable bonds is 78. The van der Waals surface area contributed by atoms with Gasteiger partial charge in [0, 0.05) is 12.8 Å². The Morgan fingerprint density at radius 2 is 0.564 bits per heavy atom. The van der Waals surface area contributed by atoms with Crippen molar-refractivity contribution in [3.05, 3.63) is 134 Å². The first-order valence-corrected chi connectivity index (χ1v) is 42.3. The van der Waals surface area contributed by atoms with E-state index in [1.165, 1.54) is 231 Å². The molecule has 0 saturated carbocycles. The molecule has 0 heterocycles. The molecule has 0 aliphatic heterocycles. The molecule has 0 N–H and O–H groups in total. The van der Waals surface area contributed by atoms with E-state index in [4.69, 9.17) is 18.9 Å². The maximum Gasteiger partial charge on any atom is 0.306 e. The highest BCUT2D eigenvalue weighted by Gasteiger charge is 2.22. The normalized spacial score (nSPS) is 13.3. The molecule has 0 spiro atoms. The molecule has 0 radical (unpaired) electrons. The van der Waals surface area contributed by atoms with Crippen LogP contribution in [0.5, 0.6) is 0 Å². The van der Waals surface area contributed by atoms with Gasteiger partial charge >= 0.3 is 11.9 Å². The van der Waals surface area contributed by atoms with Crippen molar-refractivity contribution in [3.8, 4) is 0 Å². The quantitative estimate of drug-likeness (QED) is 0.0195. The maximum atomic E-state index is 13.0. The van der Waals surface area contributed by atoms with Gasteiger partial charge in [-0.1, -0.05) is 379 Å². The number of nitrogens with zero attached hydrogens (tertiary/aromatic N) is 1. The van der Waals surface area contributed by atoms with Gasteiger partial charge < -0.3 is 33.3 Å². The van der Waals surface area contributed by atoms with Gasteiger partial charge in [0.2, 0.25) is 0 Å². The van der Waals surface area contributed by atoms with Crippen LogP contribution in [0.1, 0.15) is 373 Å². The Morgan fingerprint density at radius 1 is 0.307 bits per heavy atom. The fourth-order valence-corrected chi connectivity index (χ4v) is 12.0. The summed E-state index contributed by atoms with van der Waals surface area (Å²) in [6.07, 6.45) is 114. The van der Waals surface area contributed by atoms with Crippen LogP contribution in [-0.4, -0.2) is 82.3 Å². The summed E-state index contributed by atoms with van der Waals surface area (Å²) < 4.78 is 22.9. The minimum absolute atomic E-state index is 0.144. The van der Waals surface area contributed by atoms with Crippen LogP contribution in [0.2, 0.25) is 0 Å². The van der Waals surface area contributed by atoms with Crippen molar-refractivity contribution >= 4 is 17.9 Å². The third kappa shape index (κ3) is 82.6. The highest BCUT2D eigenvalue weighted by molar-refractivity contribution is 5.70. The highest BCUT2D eigenvalue weighted by Crippen LogP contribution is 2.19. The molecule has 9 nitrogen and oxygen atoms in total. The second kappa shape index (κ2) is 81.1. The van der Waals surface area contributed by atoms with Gasteiger partial charge in [-0.3, -0.25) is 9.59 Å². The maximum absolute atomic E-state index is 13.0. The zero-order valence-electron chi connectivity index (χ0n) is 66.5. The van der Waals surface area contributed by atoms with Gasteiger partial charge in [-0.15, -0.1) is 0 Å². The van der Waals surface area contributed by atoms with Crippen LogP contribution in [0.15, 0.2) is 134 Å². The number of aliphatic carboxylic acids is 1. The fourth-order valence-electron chi connectivity index (χ4n) is 12.0. The van der Waals surface area contributed by atoms with Crippen molar-refractivity contribution in [2.75, 3.05) is 47.5 Å². The fraction of sp³-hybridized carbons (Fsp3) is 0.728. The van der Waals surface area contributed by atoms with Crippen LogP contribution in [0.4, 0.5) is 0 Å². The van der Waals surface area contributed by atoms with Crippen LogP contribution in [0.25, 0.3) is 0 Å². The molecule has 0 saturated heterocycles. The highest BCUT2D eigenvalue weighted by atomic mass is 16.7. The van der Waals surface area contributed by atoms with Gasteiger partial charge in [0.05, 0.1) is 40.3 Å². The Labute approximate surface area is 624 Å². The number of hydrogen-bond acceptors (Lipinski definition) is 8.